The first-order valence-corrected chi connectivity index (χ1v) is 9.26. The molecule has 0 atom stereocenters. The zero-order valence-corrected chi connectivity index (χ0v) is 15.5. The maximum atomic E-state index is 4.93. The van der Waals surface area contributed by atoms with Gasteiger partial charge in [0.25, 0.3) is 0 Å². The van der Waals surface area contributed by atoms with Crippen molar-refractivity contribution in [2.24, 2.45) is 0 Å². The Morgan fingerprint density at radius 3 is 2.16 bits per heavy atom. The summed E-state index contributed by atoms with van der Waals surface area (Å²) in [5.74, 6) is 0. The van der Waals surface area contributed by atoms with Gasteiger partial charge in [-0.15, -0.1) is 11.3 Å². The predicted octanol–water partition coefficient (Wildman–Crippen LogP) is 6.32. The molecule has 0 aliphatic rings. The molecule has 0 amide bonds. The molecule has 2 heterocycles. The summed E-state index contributed by atoms with van der Waals surface area (Å²) in [6.07, 6.45) is 0. The molecule has 25 heavy (non-hydrogen) atoms. The average Bonchev–Trinajstić information content (AvgIpc) is 3.05. The topological polar surface area (TPSA) is 25.8 Å². The van der Waals surface area contributed by atoms with Crippen LogP contribution in [0.25, 0.3) is 32.2 Å². The van der Waals surface area contributed by atoms with Crippen molar-refractivity contribution in [1.29, 1.82) is 0 Å². The summed E-state index contributed by atoms with van der Waals surface area (Å²) in [5.41, 5.74) is 5.45. The fourth-order valence-electron chi connectivity index (χ4n) is 2.81. The van der Waals surface area contributed by atoms with Gasteiger partial charge >= 0.3 is 0 Å². The Bertz CT molecular complexity index is 994. The Kier molecular flexibility index (Phi) is 3.89. The van der Waals surface area contributed by atoms with Crippen LogP contribution < -0.4 is 0 Å². The van der Waals surface area contributed by atoms with Gasteiger partial charge in [0.1, 0.15) is 5.01 Å². The van der Waals surface area contributed by atoms with E-state index in [2.05, 4.69) is 75.4 Å². The fourth-order valence-corrected chi connectivity index (χ4v) is 3.74. The molecule has 0 aliphatic carbocycles. The molecule has 0 unspecified atom stereocenters. The fraction of sp³-hybridized carbons (Fsp3) is 0.182. The molecule has 0 bridgehead atoms. The lowest BCUT2D eigenvalue weighted by Gasteiger charge is -2.20. The second kappa shape index (κ2) is 6.08. The Morgan fingerprint density at radius 1 is 0.760 bits per heavy atom. The van der Waals surface area contributed by atoms with Crippen LogP contribution in [0.15, 0.2) is 66.7 Å². The third-order valence-corrected chi connectivity index (χ3v) is 5.33. The molecule has 4 aromatic rings. The van der Waals surface area contributed by atoms with Crippen LogP contribution in [0, 0.1) is 0 Å². The van der Waals surface area contributed by atoms with Crippen LogP contribution in [0.4, 0.5) is 0 Å². The van der Waals surface area contributed by atoms with E-state index in [0.29, 0.717) is 0 Å². The molecule has 2 aromatic carbocycles. The number of para-hydroxylation sites is 1. The van der Waals surface area contributed by atoms with Crippen molar-refractivity contribution < 1.29 is 0 Å². The van der Waals surface area contributed by atoms with Crippen molar-refractivity contribution >= 4 is 21.6 Å². The second-order valence-electron chi connectivity index (χ2n) is 7.23. The number of benzene rings is 2. The van der Waals surface area contributed by atoms with Gasteiger partial charge in [0.2, 0.25) is 0 Å². The summed E-state index contributed by atoms with van der Waals surface area (Å²) in [7, 11) is 0. The van der Waals surface area contributed by atoms with Crippen molar-refractivity contribution in [3.63, 3.8) is 0 Å². The number of hydrogen-bond donors (Lipinski definition) is 0. The van der Waals surface area contributed by atoms with Gasteiger partial charge in [0.05, 0.1) is 21.6 Å². The van der Waals surface area contributed by atoms with Crippen molar-refractivity contribution in [3.05, 3.63) is 72.3 Å². The lowest BCUT2D eigenvalue weighted by atomic mass is 9.86. The monoisotopic (exact) mass is 344 g/mol. The van der Waals surface area contributed by atoms with Gasteiger partial charge in [0, 0.05) is 5.56 Å². The molecule has 0 spiro atoms. The molecular formula is C22H20N2S. The molecule has 4 rings (SSSR count). The van der Waals surface area contributed by atoms with E-state index in [-0.39, 0.29) is 5.41 Å². The second-order valence-corrected chi connectivity index (χ2v) is 8.26. The first kappa shape index (κ1) is 16.0. The number of aromatic nitrogens is 2. The van der Waals surface area contributed by atoms with Gasteiger partial charge in [-0.1, -0.05) is 63.2 Å². The molecule has 0 saturated carbocycles. The number of hydrogen-bond acceptors (Lipinski definition) is 3. The van der Waals surface area contributed by atoms with Crippen LogP contribution >= 0.6 is 11.3 Å². The first-order valence-electron chi connectivity index (χ1n) is 8.45. The molecule has 0 saturated heterocycles. The third kappa shape index (κ3) is 3.20. The Labute approximate surface area is 152 Å². The van der Waals surface area contributed by atoms with Crippen LogP contribution in [0.3, 0.4) is 0 Å². The molecule has 0 radical (unpaired) electrons. The lowest BCUT2D eigenvalue weighted by molar-refractivity contribution is 0.590. The van der Waals surface area contributed by atoms with Crippen molar-refractivity contribution in [2.75, 3.05) is 0 Å². The van der Waals surface area contributed by atoms with Crippen LogP contribution in [0.1, 0.15) is 26.3 Å². The number of thiazole rings is 1. The number of pyridine rings is 1. The Hall–Kier alpha value is -2.52. The van der Waals surface area contributed by atoms with Crippen LogP contribution in [-0.4, -0.2) is 9.97 Å². The minimum absolute atomic E-state index is 0.0535. The number of rotatable bonds is 2. The average molecular weight is 344 g/mol. The maximum Gasteiger partial charge on any atom is 0.143 e. The van der Waals surface area contributed by atoms with Gasteiger partial charge < -0.3 is 0 Å². The smallest absolute Gasteiger partial charge is 0.143 e. The molecular weight excluding hydrogens is 324 g/mol. The maximum absolute atomic E-state index is 4.93. The Morgan fingerprint density at radius 2 is 1.44 bits per heavy atom. The Balaban J connectivity index is 1.92. The first-order chi connectivity index (χ1) is 12.0. The van der Waals surface area contributed by atoms with Crippen LogP contribution in [0.2, 0.25) is 0 Å². The summed E-state index contributed by atoms with van der Waals surface area (Å²) in [6.45, 7) is 6.71. The predicted molar refractivity (Wildman–Crippen MR) is 107 cm³/mol. The molecule has 3 heteroatoms. The van der Waals surface area contributed by atoms with E-state index in [9.17, 15) is 0 Å². The summed E-state index contributed by atoms with van der Waals surface area (Å²) >= 11 is 1.70. The largest absolute Gasteiger partial charge is 0.245 e. The number of fused-ring (bicyclic) bond motifs is 1. The van der Waals surface area contributed by atoms with Crippen LogP contribution in [-0.2, 0) is 5.41 Å². The highest BCUT2D eigenvalue weighted by Gasteiger charge is 2.18. The summed E-state index contributed by atoms with van der Waals surface area (Å²) < 4.78 is 1.20. The normalized spacial score (nSPS) is 11.8. The molecule has 0 aliphatic heterocycles. The zero-order chi connectivity index (χ0) is 17.4. The van der Waals surface area contributed by atoms with Crippen molar-refractivity contribution in [2.45, 2.75) is 26.2 Å². The van der Waals surface area contributed by atoms with Crippen molar-refractivity contribution in [3.8, 4) is 22.0 Å². The van der Waals surface area contributed by atoms with E-state index >= 15 is 0 Å². The highest BCUT2D eigenvalue weighted by atomic mass is 32.1. The van der Waals surface area contributed by atoms with E-state index in [0.717, 1.165) is 27.5 Å². The zero-order valence-electron chi connectivity index (χ0n) is 14.7. The van der Waals surface area contributed by atoms with E-state index in [4.69, 9.17) is 9.97 Å². The molecule has 124 valence electrons. The van der Waals surface area contributed by atoms with E-state index < -0.39 is 0 Å². The van der Waals surface area contributed by atoms with Gasteiger partial charge in [-0.2, -0.15) is 0 Å². The van der Waals surface area contributed by atoms with E-state index in [1.165, 1.54) is 10.3 Å². The standard InChI is InChI=1S/C22H20N2S/c1-22(2,3)16-13-18(15-9-5-4-6-10-15)23-19(14-16)21-24-17-11-7-8-12-20(17)25-21/h4-14H,1-3H3. The van der Waals surface area contributed by atoms with E-state index in [1.54, 1.807) is 11.3 Å². The molecule has 0 fully saturated rings. The van der Waals surface area contributed by atoms with E-state index in [1.807, 2.05) is 12.1 Å². The van der Waals surface area contributed by atoms with Crippen LogP contribution in [0.5, 0.6) is 0 Å². The van der Waals surface area contributed by atoms with Gasteiger partial charge in [-0.25, -0.2) is 9.97 Å². The van der Waals surface area contributed by atoms with Gasteiger partial charge in [-0.3, -0.25) is 0 Å². The van der Waals surface area contributed by atoms with Gasteiger partial charge in [-0.05, 0) is 35.2 Å². The highest BCUT2D eigenvalue weighted by Crippen LogP contribution is 2.34. The quantitative estimate of drug-likeness (QED) is 0.425. The number of nitrogens with zero attached hydrogens (tertiary/aromatic N) is 2. The summed E-state index contributed by atoms with van der Waals surface area (Å²) in [5, 5.41) is 0.976. The minimum atomic E-state index is 0.0535. The highest BCUT2D eigenvalue weighted by molar-refractivity contribution is 7.21. The van der Waals surface area contributed by atoms with Crippen molar-refractivity contribution in [1.82, 2.24) is 9.97 Å². The SMILES string of the molecule is CC(C)(C)c1cc(-c2ccccc2)nc(-c2nc3ccccc3s2)c1. The molecule has 0 N–H and O–H groups in total. The molecule has 2 nitrogen and oxygen atoms in total. The summed E-state index contributed by atoms with van der Waals surface area (Å²) in [6, 6.07) is 23.0. The third-order valence-electron chi connectivity index (χ3n) is 4.27. The minimum Gasteiger partial charge on any atom is -0.245 e. The lowest BCUT2D eigenvalue weighted by Crippen LogP contribution is -2.12. The van der Waals surface area contributed by atoms with Gasteiger partial charge in [0.15, 0.2) is 0 Å². The summed E-state index contributed by atoms with van der Waals surface area (Å²) in [4.78, 5) is 9.73. The molecule has 2 aromatic heterocycles.